The summed E-state index contributed by atoms with van der Waals surface area (Å²) in [6.07, 6.45) is 16.1. The van der Waals surface area contributed by atoms with E-state index < -0.39 is 12.0 Å². The van der Waals surface area contributed by atoms with E-state index in [1.54, 1.807) is 6.08 Å². The lowest BCUT2D eigenvalue weighted by Gasteiger charge is -2.06. The van der Waals surface area contributed by atoms with E-state index in [1.165, 1.54) is 6.08 Å². The molecule has 4 N–H and O–H groups in total. The van der Waals surface area contributed by atoms with E-state index in [-0.39, 0.29) is 12.5 Å². The normalized spacial score (nSPS) is 23.5. The average Bonchev–Trinajstić information content (AvgIpc) is 2.34. The van der Waals surface area contributed by atoms with Gasteiger partial charge in [0.25, 0.3) is 0 Å². The fraction of sp³-hybridized carbons (Fsp3) is 0.143. The molecule has 5 heteroatoms. The van der Waals surface area contributed by atoms with Crippen molar-refractivity contribution < 1.29 is 14.7 Å². The summed E-state index contributed by atoms with van der Waals surface area (Å²) < 4.78 is 0. The van der Waals surface area contributed by atoms with Gasteiger partial charge in [-0.3, -0.25) is 9.59 Å². The molecule has 100 valence electrons. The molecule has 0 aromatic carbocycles. The summed E-state index contributed by atoms with van der Waals surface area (Å²) in [5, 5.41) is 11.0. The number of carbonyl (C=O) groups is 2. The van der Waals surface area contributed by atoms with Crippen LogP contribution in [0.15, 0.2) is 60.3 Å². The largest absolute Gasteiger partial charge is 0.480 e. The van der Waals surface area contributed by atoms with Crippen LogP contribution in [0.1, 0.15) is 0 Å². The number of hydrogen-bond acceptors (Lipinski definition) is 3. The Balaban J connectivity index is 2.47. The third-order valence-corrected chi connectivity index (χ3v) is 2.26. The van der Waals surface area contributed by atoms with E-state index >= 15 is 0 Å². The smallest absolute Gasteiger partial charge is 0.322 e. The fourth-order valence-electron chi connectivity index (χ4n) is 1.22. The minimum Gasteiger partial charge on any atom is -0.480 e. The molecule has 1 amide bonds. The summed E-state index contributed by atoms with van der Waals surface area (Å²) in [5.74, 6) is -1.53. The second-order valence-corrected chi connectivity index (χ2v) is 3.82. The Hall–Kier alpha value is -2.40. The molecule has 0 spiro atoms. The lowest BCUT2D eigenvalue weighted by atomic mass is 10.1. The number of nitrogens with two attached hydrogens (primary N) is 1. The maximum atomic E-state index is 11.4. The lowest BCUT2D eigenvalue weighted by molar-refractivity contribution is -0.138. The monoisotopic (exact) mass is 260 g/mol. The van der Waals surface area contributed by atoms with Crippen LogP contribution in [-0.2, 0) is 9.59 Å². The molecule has 0 saturated carbocycles. The standard InChI is InChI=1S/C14H16N2O3/c15-12(14(18)19)10-16-13(17)9-8-11-6-4-2-1-3-5-7-11/h1-9,12H,10,15H2,(H,16,17)(H,18,19)/b2-1+,3-1?,4-2?,5-3-,6-4-,7-5?,9-8+,11-6?,11-7-. The second-order valence-electron chi connectivity index (χ2n) is 3.82. The van der Waals surface area contributed by atoms with E-state index in [1.807, 2.05) is 42.5 Å². The SMILES string of the molecule is NC(CNC(=O)/C=C/C1=C\C=C/C=C/C=C\1)C(=O)O. The van der Waals surface area contributed by atoms with Crippen LogP contribution in [0.4, 0.5) is 0 Å². The van der Waals surface area contributed by atoms with Gasteiger partial charge in [-0.1, -0.05) is 42.5 Å². The molecule has 19 heavy (non-hydrogen) atoms. The molecular formula is C14H16N2O3. The van der Waals surface area contributed by atoms with Crippen LogP contribution in [0.25, 0.3) is 0 Å². The topological polar surface area (TPSA) is 92.4 Å². The summed E-state index contributed by atoms with van der Waals surface area (Å²) in [5.41, 5.74) is 6.12. The predicted octanol–water partition coefficient (Wildman–Crippen LogP) is 0.679. The molecule has 1 unspecified atom stereocenters. The maximum absolute atomic E-state index is 11.4. The molecule has 1 aliphatic rings. The molecule has 0 fully saturated rings. The first-order valence-electron chi connectivity index (χ1n) is 5.75. The summed E-state index contributed by atoms with van der Waals surface area (Å²) in [6.45, 7) is -0.101. The Kier molecular flexibility index (Phi) is 6.05. The Morgan fingerprint density at radius 3 is 2.68 bits per heavy atom. The minimum absolute atomic E-state index is 0.101. The van der Waals surface area contributed by atoms with E-state index in [0.29, 0.717) is 0 Å². The van der Waals surface area contributed by atoms with Gasteiger partial charge in [-0.25, -0.2) is 0 Å². The van der Waals surface area contributed by atoms with E-state index in [9.17, 15) is 9.59 Å². The number of amides is 1. The van der Waals surface area contributed by atoms with Gasteiger partial charge in [-0.2, -0.15) is 0 Å². The van der Waals surface area contributed by atoms with Crippen molar-refractivity contribution in [2.45, 2.75) is 6.04 Å². The molecular weight excluding hydrogens is 244 g/mol. The quantitative estimate of drug-likeness (QED) is 0.634. The van der Waals surface area contributed by atoms with Gasteiger partial charge in [-0.05, 0) is 11.6 Å². The van der Waals surface area contributed by atoms with Crippen LogP contribution >= 0.6 is 0 Å². The van der Waals surface area contributed by atoms with Crippen molar-refractivity contribution in [3.63, 3.8) is 0 Å². The Labute approximate surface area is 111 Å². The number of rotatable bonds is 5. The van der Waals surface area contributed by atoms with Gasteiger partial charge in [0.2, 0.25) is 5.91 Å². The summed E-state index contributed by atoms with van der Waals surface area (Å²) in [4.78, 5) is 21.9. The van der Waals surface area contributed by atoms with Crippen molar-refractivity contribution in [1.29, 1.82) is 0 Å². The fourth-order valence-corrected chi connectivity index (χ4v) is 1.22. The third-order valence-electron chi connectivity index (χ3n) is 2.26. The second kappa shape index (κ2) is 7.84. The molecule has 5 nitrogen and oxygen atoms in total. The van der Waals surface area contributed by atoms with Crippen molar-refractivity contribution in [2.75, 3.05) is 6.54 Å². The number of carboxylic acids is 1. The molecule has 0 heterocycles. The molecule has 1 rings (SSSR count). The van der Waals surface area contributed by atoms with Gasteiger partial charge in [0.15, 0.2) is 0 Å². The van der Waals surface area contributed by atoms with Gasteiger partial charge < -0.3 is 16.2 Å². The highest BCUT2D eigenvalue weighted by atomic mass is 16.4. The van der Waals surface area contributed by atoms with Crippen LogP contribution in [0.3, 0.4) is 0 Å². The van der Waals surface area contributed by atoms with Crippen molar-refractivity contribution in [1.82, 2.24) is 5.32 Å². The van der Waals surface area contributed by atoms with Crippen LogP contribution in [-0.4, -0.2) is 29.6 Å². The first kappa shape index (κ1) is 14.7. The summed E-state index contributed by atoms with van der Waals surface area (Å²) in [7, 11) is 0. The predicted molar refractivity (Wildman–Crippen MR) is 73.3 cm³/mol. The van der Waals surface area contributed by atoms with Crippen molar-refractivity contribution >= 4 is 11.9 Å². The summed E-state index contributed by atoms with van der Waals surface area (Å²) in [6, 6.07) is -1.09. The van der Waals surface area contributed by atoms with Crippen molar-refractivity contribution in [3.8, 4) is 0 Å². The molecule has 0 radical (unpaired) electrons. The Morgan fingerprint density at radius 1 is 1.26 bits per heavy atom. The van der Waals surface area contributed by atoms with Gasteiger partial charge in [0, 0.05) is 12.6 Å². The number of aliphatic carboxylic acids is 1. The third kappa shape index (κ3) is 6.18. The molecule has 1 aliphatic carbocycles. The van der Waals surface area contributed by atoms with Gasteiger partial charge in [0.1, 0.15) is 6.04 Å². The average molecular weight is 260 g/mol. The zero-order chi connectivity index (χ0) is 14.1. The number of hydrogen-bond donors (Lipinski definition) is 3. The molecule has 1 atom stereocenters. The number of allylic oxidation sites excluding steroid dienone is 9. The first-order valence-corrected chi connectivity index (χ1v) is 5.75. The number of nitrogens with one attached hydrogen (secondary N) is 1. The molecule has 0 bridgehead atoms. The van der Waals surface area contributed by atoms with Crippen LogP contribution in [0.2, 0.25) is 0 Å². The maximum Gasteiger partial charge on any atom is 0.322 e. The molecule has 0 aromatic heterocycles. The number of carboxylic acid groups (broad SMARTS) is 1. The Morgan fingerprint density at radius 2 is 1.95 bits per heavy atom. The lowest BCUT2D eigenvalue weighted by Crippen LogP contribution is -2.41. The van der Waals surface area contributed by atoms with E-state index in [0.717, 1.165) is 5.57 Å². The van der Waals surface area contributed by atoms with Gasteiger partial charge in [0.05, 0.1) is 0 Å². The van der Waals surface area contributed by atoms with Gasteiger partial charge in [-0.15, -0.1) is 0 Å². The minimum atomic E-state index is -1.15. The van der Waals surface area contributed by atoms with E-state index in [4.69, 9.17) is 10.8 Å². The first-order chi connectivity index (χ1) is 9.09. The zero-order valence-corrected chi connectivity index (χ0v) is 10.3. The number of carbonyl (C=O) groups excluding carboxylic acids is 1. The summed E-state index contributed by atoms with van der Waals surface area (Å²) >= 11 is 0. The Bertz CT molecular complexity index is 485. The molecule has 0 aromatic rings. The van der Waals surface area contributed by atoms with Crippen LogP contribution in [0, 0.1) is 0 Å². The van der Waals surface area contributed by atoms with Crippen LogP contribution < -0.4 is 11.1 Å². The molecule has 0 saturated heterocycles. The van der Waals surface area contributed by atoms with Crippen LogP contribution in [0.5, 0.6) is 0 Å². The highest BCUT2D eigenvalue weighted by Gasteiger charge is 2.11. The highest BCUT2D eigenvalue weighted by Crippen LogP contribution is 2.02. The van der Waals surface area contributed by atoms with E-state index in [2.05, 4.69) is 5.32 Å². The van der Waals surface area contributed by atoms with Crippen molar-refractivity contribution in [3.05, 3.63) is 60.3 Å². The molecule has 0 aliphatic heterocycles. The van der Waals surface area contributed by atoms with Gasteiger partial charge >= 0.3 is 5.97 Å². The van der Waals surface area contributed by atoms with Crippen molar-refractivity contribution in [2.24, 2.45) is 5.73 Å². The highest BCUT2D eigenvalue weighted by molar-refractivity contribution is 5.88. The zero-order valence-electron chi connectivity index (χ0n) is 10.3.